The van der Waals surface area contributed by atoms with E-state index < -0.39 is 10.3 Å². The summed E-state index contributed by atoms with van der Waals surface area (Å²) in [6.45, 7) is 7.70. The molecular weight excluding hydrogens is 294 g/mol. The quantitative estimate of drug-likeness (QED) is 0.629. The van der Waals surface area contributed by atoms with Crippen LogP contribution in [0.3, 0.4) is 0 Å². The molecule has 0 amide bonds. The van der Waals surface area contributed by atoms with Gasteiger partial charge in [0.1, 0.15) is 13.1 Å². The first kappa shape index (κ1) is 18.0. The molecule has 2 heterocycles. The van der Waals surface area contributed by atoms with E-state index in [4.69, 9.17) is 4.74 Å². The van der Waals surface area contributed by atoms with Gasteiger partial charge in [-0.1, -0.05) is 6.07 Å². The van der Waals surface area contributed by atoms with E-state index in [9.17, 15) is 13.0 Å². The first-order valence-corrected chi connectivity index (χ1v) is 8.27. The molecule has 1 aliphatic rings. The molecule has 8 heteroatoms. The summed E-state index contributed by atoms with van der Waals surface area (Å²) in [6, 6.07) is 5.04. The zero-order chi connectivity index (χ0) is 15.8. The average Bonchev–Trinajstić information content (AvgIpc) is 2.47. The molecule has 1 saturated heterocycles. The van der Waals surface area contributed by atoms with E-state index in [1.54, 1.807) is 22.9 Å². The molecule has 1 fully saturated rings. The Morgan fingerprint density at radius 2 is 2.05 bits per heavy atom. The lowest BCUT2D eigenvalue weighted by atomic mass is 10.3. The third-order valence-electron chi connectivity index (χ3n) is 3.47. The zero-order valence-electron chi connectivity index (χ0n) is 12.5. The van der Waals surface area contributed by atoms with Crippen LogP contribution in [0.25, 0.3) is 0 Å². The minimum atomic E-state index is -4.36. The van der Waals surface area contributed by atoms with Gasteiger partial charge in [-0.15, -0.1) is 0 Å². The first-order chi connectivity index (χ1) is 9.85. The van der Waals surface area contributed by atoms with E-state index in [-0.39, 0.29) is 6.54 Å². The van der Waals surface area contributed by atoms with Gasteiger partial charge in [0, 0.05) is 6.20 Å². The van der Waals surface area contributed by atoms with E-state index in [0.717, 1.165) is 13.2 Å². The van der Waals surface area contributed by atoms with Crippen LogP contribution in [-0.2, 0) is 21.6 Å². The Labute approximate surface area is 126 Å². The summed E-state index contributed by atoms with van der Waals surface area (Å²) in [4.78, 5) is 3.82. The van der Waals surface area contributed by atoms with Crippen molar-refractivity contribution in [2.45, 2.75) is 13.5 Å². The van der Waals surface area contributed by atoms with Crippen molar-refractivity contribution in [3.8, 4) is 0 Å². The molecule has 1 N–H and O–H groups in total. The van der Waals surface area contributed by atoms with E-state index >= 15 is 0 Å². The second-order valence-corrected chi connectivity index (χ2v) is 6.29. The molecule has 0 atom stereocenters. The lowest BCUT2D eigenvalue weighted by Crippen LogP contribution is -2.51. The molecule has 0 unspecified atom stereocenters. The Balaban J connectivity index is 0.000000219. The molecule has 0 aliphatic carbocycles. The summed E-state index contributed by atoms with van der Waals surface area (Å²) >= 11 is 0. The molecule has 0 spiro atoms. The number of quaternary nitrogens is 1. The van der Waals surface area contributed by atoms with Crippen molar-refractivity contribution in [3.05, 3.63) is 30.1 Å². The van der Waals surface area contributed by atoms with Crippen LogP contribution in [0.1, 0.15) is 12.6 Å². The van der Waals surface area contributed by atoms with Gasteiger partial charge in [-0.05, 0) is 19.1 Å². The van der Waals surface area contributed by atoms with Gasteiger partial charge in [-0.2, -0.15) is 0 Å². The molecular formula is C13H23N3O4S. The van der Waals surface area contributed by atoms with Gasteiger partial charge < -0.3 is 13.8 Å². The number of hydrogen-bond acceptors (Lipinski definition) is 5. The second kappa shape index (κ2) is 8.40. The van der Waals surface area contributed by atoms with Crippen molar-refractivity contribution in [1.29, 1.82) is 0 Å². The van der Waals surface area contributed by atoms with Crippen molar-refractivity contribution >= 4 is 10.3 Å². The van der Waals surface area contributed by atoms with E-state index in [0.29, 0.717) is 5.69 Å². The fourth-order valence-electron chi connectivity index (χ4n) is 1.76. The van der Waals surface area contributed by atoms with Gasteiger partial charge in [0.25, 0.3) is 0 Å². The summed E-state index contributed by atoms with van der Waals surface area (Å²) < 4.78 is 38.6. The molecule has 0 aromatic carbocycles. The number of ether oxygens (including phenoxy) is 1. The molecule has 2 rings (SSSR count). The van der Waals surface area contributed by atoms with Gasteiger partial charge in [0.05, 0.1) is 39.0 Å². The molecule has 120 valence electrons. The van der Waals surface area contributed by atoms with E-state index in [1.165, 1.54) is 30.3 Å². The summed E-state index contributed by atoms with van der Waals surface area (Å²) in [6.07, 6.45) is 1.52. The van der Waals surface area contributed by atoms with Crippen LogP contribution in [0.15, 0.2) is 24.4 Å². The standard InChI is InChI=1S/C7H16NO.C6H8N2O3S/c1-3-8(2)4-6-9-7-5-8;9-12(10,11)8-5-6-3-1-2-4-7-6/h3-7H2,1-2H3;1-4,8H,5H2,(H,9,10,11)/q+1;/p-1. The molecule has 21 heavy (non-hydrogen) atoms. The number of rotatable bonds is 4. The Kier molecular flexibility index (Phi) is 7.20. The molecule has 7 nitrogen and oxygen atoms in total. The van der Waals surface area contributed by atoms with Crippen LogP contribution in [0.5, 0.6) is 0 Å². The maximum atomic E-state index is 10.1. The maximum absolute atomic E-state index is 10.1. The molecule has 0 saturated carbocycles. The predicted molar refractivity (Wildman–Crippen MR) is 78.1 cm³/mol. The minimum Gasteiger partial charge on any atom is -0.735 e. The van der Waals surface area contributed by atoms with E-state index in [1.807, 2.05) is 0 Å². The summed E-state index contributed by atoms with van der Waals surface area (Å²) in [5.74, 6) is 0. The molecule has 0 bridgehead atoms. The normalized spacial score (nSPS) is 17.7. The highest BCUT2D eigenvalue weighted by Crippen LogP contribution is 2.05. The Morgan fingerprint density at radius 1 is 1.38 bits per heavy atom. The van der Waals surface area contributed by atoms with Gasteiger partial charge in [0.2, 0.25) is 0 Å². The average molecular weight is 317 g/mol. The summed E-state index contributed by atoms with van der Waals surface area (Å²) in [5.41, 5.74) is 0.511. The highest BCUT2D eigenvalue weighted by molar-refractivity contribution is 7.83. The minimum absolute atomic E-state index is 0.0628. The van der Waals surface area contributed by atoms with Crippen molar-refractivity contribution in [1.82, 2.24) is 9.71 Å². The van der Waals surface area contributed by atoms with Gasteiger partial charge in [0.15, 0.2) is 10.3 Å². The highest BCUT2D eigenvalue weighted by Gasteiger charge is 2.21. The van der Waals surface area contributed by atoms with Crippen LogP contribution in [-0.4, -0.2) is 62.3 Å². The van der Waals surface area contributed by atoms with Crippen molar-refractivity contribution < 1.29 is 22.2 Å². The molecule has 1 aliphatic heterocycles. The van der Waals surface area contributed by atoms with E-state index in [2.05, 4.69) is 19.0 Å². The maximum Gasteiger partial charge on any atom is 0.159 e. The Morgan fingerprint density at radius 3 is 2.48 bits per heavy atom. The summed E-state index contributed by atoms with van der Waals surface area (Å²) in [5, 5.41) is 0. The SMILES string of the molecule is CC[N+]1(C)CCOCC1.O=S(=O)([O-])NCc1ccccn1. The van der Waals surface area contributed by atoms with Crippen molar-refractivity contribution in [3.63, 3.8) is 0 Å². The zero-order valence-corrected chi connectivity index (χ0v) is 13.3. The number of aromatic nitrogens is 1. The van der Waals surface area contributed by atoms with Gasteiger partial charge >= 0.3 is 0 Å². The topological polar surface area (TPSA) is 91.4 Å². The number of pyridine rings is 1. The van der Waals surface area contributed by atoms with Gasteiger partial charge in [-0.3, -0.25) is 4.98 Å². The predicted octanol–water partition coefficient (Wildman–Crippen LogP) is 0.115. The summed E-state index contributed by atoms with van der Waals surface area (Å²) in [7, 11) is -2.07. The van der Waals surface area contributed by atoms with Crippen LogP contribution in [0.4, 0.5) is 0 Å². The largest absolute Gasteiger partial charge is 0.735 e. The fraction of sp³-hybridized carbons (Fsp3) is 0.615. The van der Waals surface area contributed by atoms with Crippen LogP contribution < -0.4 is 4.72 Å². The number of likely N-dealkylation sites (N-methyl/N-ethyl adjacent to an activating group) is 1. The van der Waals surface area contributed by atoms with Crippen molar-refractivity contribution in [2.75, 3.05) is 39.9 Å². The lowest BCUT2D eigenvalue weighted by molar-refractivity contribution is -0.915. The number of morpholine rings is 1. The van der Waals surface area contributed by atoms with Crippen LogP contribution in [0, 0.1) is 0 Å². The fourth-order valence-corrected chi connectivity index (χ4v) is 2.09. The number of hydrogen-bond donors (Lipinski definition) is 1. The number of nitrogens with one attached hydrogen (secondary N) is 1. The lowest BCUT2D eigenvalue weighted by Gasteiger charge is -2.36. The Bertz CT molecular complexity index is 501. The molecule has 1 aromatic rings. The molecule has 0 radical (unpaired) electrons. The first-order valence-electron chi connectivity index (χ1n) is 6.86. The second-order valence-electron chi connectivity index (χ2n) is 5.09. The smallest absolute Gasteiger partial charge is 0.159 e. The molecule has 1 aromatic heterocycles. The van der Waals surface area contributed by atoms with Gasteiger partial charge in [-0.25, -0.2) is 13.1 Å². The highest BCUT2D eigenvalue weighted by atomic mass is 32.2. The number of nitrogens with zero attached hydrogens (tertiary/aromatic N) is 2. The van der Waals surface area contributed by atoms with Crippen molar-refractivity contribution in [2.24, 2.45) is 0 Å². The third kappa shape index (κ3) is 8.08. The third-order valence-corrected chi connectivity index (χ3v) is 3.97. The Hall–Kier alpha value is -1.06. The van der Waals surface area contributed by atoms with Crippen LogP contribution >= 0.6 is 0 Å². The monoisotopic (exact) mass is 317 g/mol. The van der Waals surface area contributed by atoms with Crippen LogP contribution in [0.2, 0.25) is 0 Å².